The number of benzene rings is 1. The van der Waals surface area contributed by atoms with Crippen LogP contribution >= 0.6 is 39.9 Å². The van der Waals surface area contributed by atoms with Crippen LogP contribution in [-0.2, 0) is 0 Å². The van der Waals surface area contributed by atoms with Crippen LogP contribution in [0, 0.1) is 0 Å². The molecule has 0 saturated heterocycles. The highest BCUT2D eigenvalue weighted by atomic mass is 79.9. The summed E-state index contributed by atoms with van der Waals surface area (Å²) in [6.07, 6.45) is 0. The van der Waals surface area contributed by atoms with Gasteiger partial charge in [-0.25, -0.2) is 0 Å². The van der Waals surface area contributed by atoms with E-state index >= 15 is 0 Å². The fourth-order valence-corrected chi connectivity index (χ4v) is 1.79. The molecule has 0 atom stereocenters. The van der Waals surface area contributed by atoms with E-state index in [0.29, 0.717) is 16.5 Å². The van der Waals surface area contributed by atoms with E-state index in [9.17, 15) is 0 Å². The third kappa shape index (κ3) is 2.44. The first-order valence-electron chi connectivity index (χ1n) is 2.93. The first-order valence-corrected chi connectivity index (χ1v) is 4.10. The molecule has 0 bridgehead atoms. The van der Waals surface area contributed by atoms with E-state index in [0.717, 1.165) is 4.47 Å². The Morgan fingerprint density at radius 1 is 1.50 bits per heavy atom. The van der Waals surface area contributed by atoms with Gasteiger partial charge in [-0.05, 0) is 28.1 Å². The summed E-state index contributed by atoms with van der Waals surface area (Å²) in [6.45, 7) is 0. The molecule has 1 rings (SSSR count). The van der Waals surface area contributed by atoms with Crippen molar-refractivity contribution in [3.05, 3.63) is 21.6 Å². The number of ether oxygens (including phenoxy) is 1. The molecule has 0 aliphatic carbocycles. The summed E-state index contributed by atoms with van der Waals surface area (Å²) >= 11 is 8.98. The Hall–Kier alpha value is -0.120. The summed E-state index contributed by atoms with van der Waals surface area (Å²) in [7, 11) is 1.56. The van der Waals surface area contributed by atoms with Crippen LogP contribution in [0.3, 0.4) is 0 Å². The van der Waals surface area contributed by atoms with Gasteiger partial charge in [-0.3, -0.25) is 0 Å². The average Bonchev–Trinajstić information content (AvgIpc) is 1.85. The molecule has 0 aromatic heterocycles. The highest BCUT2D eigenvalue weighted by molar-refractivity contribution is 9.10. The highest BCUT2D eigenvalue weighted by Crippen LogP contribution is 2.33. The molecule has 0 spiro atoms. The number of anilines is 1. The Kier molecular flexibility index (Phi) is 4.75. The number of hydrogen-bond donors (Lipinski definition) is 1. The molecule has 1 aromatic rings. The molecule has 0 saturated carbocycles. The second-order valence-electron chi connectivity index (χ2n) is 2.01. The van der Waals surface area contributed by atoms with Crippen LogP contribution < -0.4 is 10.5 Å². The van der Waals surface area contributed by atoms with E-state index in [1.54, 1.807) is 19.2 Å². The summed E-state index contributed by atoms with van der Waals surface area (Å²) < 4.78 is 5.77. The number of halogens is 3. The summed E-state index contributed by atoms with van der Waals surface area (Å²) in [5.74, 6) is 0.620. The monoisotopic (exact) mass is 271 g/mol. The first kappa shape index (κ1) is 11.9. The van der Waals surface area contributed by atoms with Crippen LogP contribution in [0.1, 0.15) is 0 Å². The Balaban J connectivity index is 0.00000121. The molecule has 0 fully saturated rings. The maximum atomic E-state index is 5.71. The van der Waals surface area contributed by atoms with Crippen molar-refractivity contribution >= 4 is 45.6 Å². The molecule has 12 heavy (non-hydrogen) atoms. The SMILES string of the molecule is COc1c(N)cc(Cl)cc1Br.Cl. The Labute approximate surface area is 90.6 Å². The van der Waals surface area contributed by atoms with Gasteiger partial charge in [0.2, 0.25) is 0 Å². The molecular formula is C7H8BrCl2NO. The summed E-state index contributed by atoms with van der Waals surface area (Å²) in [5.41, 5.74) is 6.13. The van der Waals surface area contributed by atoms with Crippen LogP contribution in [0.15, 0.2) is 16.6 Å². The van der Waals surface area contributed by atoms with Crippen LogP contribution in [-0.4, -0.2) is 7.11 Å². The number of hydrogen-bond acceptors (Lipinski definition) is 2. The number of rotatable bonds is 1. The van der Waals surface area contributed by atoms with Crippen molar-refractivity contribution in [2.45, 2.75) is 0 Å². The minimum Gasteiger partial charge on any atom is -0.493 e. The normalized spacial score (nSPS) is 8.92. The van der Waals surface area contributed by atoms with Gasteiger partial charge in [-0.2, -0.15) is 0 Å². The number of nitrogens with two attached hydrogens (primary N) is 1. The molecular weight excluding hydrogens is 265 g/mol. The van der Waals surface area contributed by atoms with Gasteiger partial charge < -0.3 is 10.5 Å². The van der Waals surface area contributed by atoms with Gasteiger partial charge in [0.15, 0.2) is 5.75 Å². The van der Waals surface area contributed by atoms with Crippen molar-refractivity contribution in [2.75, 3.05) is 12.8 Å². The smallest absolute Gasteiger partial charge is 0.156 e. The molecule has 0 amide bonds. The van der Waals surface area contributed by atoms with Crippen molar-refractivity contribution in [3.8, 4) is 5.75 Å². The number of methoxy groups -OCH3 is 1. The molecule has 0 radical (unpaired) electrons. The molecule has 5 heteroatoms. The lowest BCUT2D eigenvalue weighted by molar-refractivity contribution is 0.414. The second kappa shape index (κ2) is 4.80. The zero-order chi connectivity index (χ0) is 8.43. The minimum absolute atomic E-state index is 0. The van der Waals surface area contributed by atoms with Crippen molar-refractivity contribution in [1.29, 1.82) is 0 Å². The van der Waals surface area contributed by atoms with E-state index in [1.807, 2.05) is 0 Å². The molecule has 1 aromatic carbocycles. The van der Waals surface area contributed by atoms with Gasteiger partial charge in [0.1, 0.15) is 0 Å². The fraction of sp³-hybridized carbons (Fsp3) is 0.143. The Morgan fingerprint density at radius 2 is 2.08 bits per heavy atom. The zero-order valence-electron chi connectivity index (χ0n) is 6.30. The Bertz CT molecular complexity index is 257. The third-order valence-corrected chi connectivity index (χ3v) is 2.05. The van der Waals surface area contributed by atoms with E-state index in [2.05, 4.69) is 15.9 Å². The maximum Gasteiger partial charge on any atom is 0.156 e. The zero-order valence-corrected chi connectivity index (χ0v) is 9.46. The Morgan fingerprint density at radius 3 is 2.50 bits per heavy atom. The molecule has 0 aliphatic rings. The van der Waals surface area contributed by atoms with Crippen LogP contribution in [0.25, 0.3) is 0 Å². The molecule has 68 valence electrons. The maximum absolute atomic E-state index is 5.71. The fourth-order valence-electron chi connectivity index (χ4n) is 0.796. The van der Waals surface area contributed by atoms with E-state index < -0.39 is 0 Å². The van der Waals surface area contributed by atoms with Crippen molar-refractivity contribution < 1.29 is 4.74 Å². The van der Waals surface area contributed by atoms with E-state index in [-0.39, 0.29) is 12.4 Å². The lowest BCUT2D eigenvalue weighted by Crippen LogP contribution is -1.92. The lowest BCUT2D eigenvalue weighted by Gasteiger charge is -2.06. The van der Waals surface area contributed by atoms with Crippen molar-refractivity contribution in [3.63, 3.8) is 0 Å². The number of nitrogen functional groups attached to an aromatic ring is 1. The quantitative estimate of drug-likeness (QED) is 0.798. The second-order valence-corrected chi connectivity index (χ2v) is 3.30. The molecule has 0 aliphatic heterocycles. The largest absolute Gasteiger partial charge is 0.493 e. The van der Waals surface area contributed by atoms with Crippen LogP contribution in [0.5, 0.6) is 5.75 Å². The molecule has 0 unspecified atom stereocenters. The molecule has 2 N–H and O–H groups in total. The predicted octanol–water partition coefficient (Wildman–Crippen LogP) is 3.12. The highest BCUT2D eigenvalue weighted by Gasteiger charge is 2.04. The topological polar surface area (TPSA) is 35.2 Å². The van der Waals surface area contributed by atoms with Crippen molar-refractivity contribution in [1.82, 2.24) is 0 Å². The van der Waals surface area contributed by atoms with Gasteiger partial charge in [0.05, 0.1) is 17.3 Å². The summed E-state index contributed by atoms with van der Waals surface area (Å²) in [5, 5.41) is 0.593. The predicted molar refractivity (Wildman–Crippen MR) is 57.4 cm³/mol. The van der Waals surface area contributed by atoms with Gasteiger partial charge in [0.25, 0.3) is 0 Å². The van der Waals surface area contributed by atoms with Crippen LogP contribution in [0.4, 0.5) is 5.69 Å². The summed E-state index contributed by atoms with van der Waals surface area (Å²) in [4.78, 5) is 0. The molecule has 2 nitrogen and oxygen atoms in total. The standard InChI is InChI=1S/C7H7BrClNO.ClH/c1-11-7-5(8)2-4(9)3-6(7)10;/h2-3H,10H2,1H3;1H. The van der Waals surface area contributed by atoms with Gasteiger partial charge in [0, 0.05) is 5.02 Å². The molecule has 0 heterocycles. The minimum atomic E-state index is 0. The van der Waals surface area contributed by atoms with Gasteiger partial charge in [-0.15, -0.1) is 12.4 Å². The van der Waals surface area contributed by atoms with Gasteiger partial charge >= 0.3 is 0 Å². The van der Waals surface area contributed by atoms with E-state index in [1.165, 1.54) is 0 Å². The first-order chi connectivity index (χ1) is 5.15. The van der Waals surface area contributed by atoms with Crippen molar-refractivity contribution in [2.24, 2.45) is 0 Å². The lowest BCUT2D eigenvalue weighted by atomic mass is 10.3. The van der Waals surface area contributed by atoms with Gasteiger partial charge in [-0.1, -0.05) is 11.6 Å². The van der Waals surface area contributed by atoms with Crippen LogP contribution in [0.2, 0.25) is 5.02 Å². The summed E-state index contributed by atoms with van der Waals surface area (Å²) in [6, 6.07) is 3.38. The third-order valence-electron chi connectivity index (χ3n) is 1.24. The average molecular weight is 273 g/mol. The van der Waals surface area contributed by atoms with E-state index in [4.69, 9.17) is 22.1 Å².